The van der Waals surface area contributed by atoms with Gasteiger partial charge < -0.3 is 10.6 Å². The third kappa shape index (κ3) is 4.21. The molecule has 0 radical (unpaired) electrons. The van der Waals surface area contributed by atoms with E-state index < -0.39 is 23.6 Å². The number of halogens is 4. The molecule has 2 N–H and O–H groups in total. The van der Waals surface area contributed by atoms with Crippen LogP contribution in [0.25, 0.3) is 0 Å². The van der Waals surface area contributed by atoms with Gasteiger partial charge in [-0.15, -0.1) is 0 Å². The maximum atomic E-state index is 12.8. The highest BCUT2D eigenvalue weighted by Gasteiger charge is 2.33. The molecule has 0 aromatic heterocycles. The Morgan fingerprint density at radius 1 is 1.00 bits per heavy atom. The van der Waals surface area contributed by atoms with Crippen molar-refractivity contribution in [2.75, 3.05) is 5.32 Å². The first-order valence-corrected chi connectivity index (χ1v) is 6.32. The molecule has 22 heavy (non-hydrogen) atoms. The van der Waals surface area contributed by atoms with E-state index in [1.165, 1.54) is 42.5 Å². The van der Waals surface area contributed by atoms with Crippen LogP contribution >= 0.6 is 0 Å². The molecule has 0 unspecified atom stereocenters. The van der Waals surface area contributed by atoms with E-state index >= 15 is 0 Å². The number of anilines is 1. The van der Waals surface area contributed by atoms with Gasteiger partial charge >= 0.3 is 12.2 Å². The number of benzene rings is 2. The second-order valence-electron chi connectivity index (χ2n) is 4.48. The van der Waals surface area contributed by atoms with Gasteiger partial charge in [-0.05, 0) is 29.8 Å². The van der Waals surface area contributed by atoms with Gasteiger partial charge in [0.15, 0.2) is 0 Å². The Morgan fingerprint density at radius 3 is 2.27 bits per heavy atom. The van der Waals surface area contributed by atoms with E-state index in [4.69, 9.17) is 0 Å². The second-order valence-corrected chi connectivity index (χ2v) is 4.48. The number of urea groups is 1. The fourth-order valence-corrected chi connectivity index (χ4v) is 1.79. The number of hydrogen-bond acceptors (Lipinski definition) is 1. The van der Waals surface area contributed by atoms with Crippen LogP contribution in [-0.4, -0.2) is 6.03 Å². The van der Waals surface area contributed by atoms with E-state index in [0.717, 1.165) is 6.07 Å². The first kappa shape index (κ1) is 15.8. The molecular weight excluding hydrogens is 300 g/mol. The number of carbonyl (C=O) groups excluding carboxylic acids is 1. The van der Waals surface area contributed by atoms with Crippen LogP contribution in [0.1, 0.15) is 11.1 Å². The molecule has 2 aromatic rings. The van der Waals surface area contributed by atoms with Crippen LogP contribution in [0.5, 0.6) is 0 Å². The minimum absolute atomic E-state index is 0.0697. The fourth-order valence-electron chi connectivity index (χ4n) is 1.79. The van der Waals surface area contributed by atoms with Gasteiger partial charge in [0.1, 0.15) is 5.82 Å². The third-order valence-corrected chi connectivity index (χ3v) is 2.85. The molecule has 0 saturated heterocycles. The summed E-state index contributed by atoms with van der Waals surface area (Å²) in [6.45, 7) is 0.0697. The topological polar surface area (TPSA) is 41.1 Å². The lowest BCUT2D eigenvalue weighted by atomic mass is 10.1. The Balaban J connectivity index is 1.99. The van der Waals surface area contributed by atoms with Crippen molar-refractivity contribution in [1.82, 2.24) is 5.32 Å². The number of amides is 2. The van der Waals surface area contributed by atoms with E-state index in [2.05, 4.69) is 10.6 Å². The molecule has 7 heteroatoms. The molecule has 0 aliphatic rings. The number of nitrogens with one attached hydrogen (secondary N) is 2. The quantitative estimate of drug-likeness (QED) is 0.821. The predicted octanol–water partition coefficient (Wildman–Crippen LogP) is 4.17. The Hall–Kier alpha value is -2.57. The van der Waals surface area contributed by atoms with Gasteiger partial charge in [0.2, 0.25) is 0 Å². The smallest absolute Gasteiger partial charge is 0.334 e. The van der Waals surface area contributed by atoms with Crippen LogP contribution in [-0.2, 0) is 12.7 Å². The number of rotatable bonds is 3. The maximum absolute atomic E-state index is 12.8. The van der Waals surface area contributed by atoms with Gasteiger partial charge in [-0.3, -0.25) is 0 Å². The summed E-state index contributed by atoms with van der Waals surface area (Å²) >= 11 is 0. The van der Waals surface area contributed by atoms with Crippen molar-refractivity contribution in [3.63, 3.8) is 0 Å². The molecule has 0 heterocycles. The van der Waals surface area contributed by atoms with E-state index in [-0.39, 0.29) is 12.2 Å². The van der Waals surface area contributed by atoms with Crippen molar-refractivity contribution in [3.8, 4) is 0 Å². The number of carbonyl (C=O) groups is 1. The van der Waals surface area contributed by atoms with Gasteiger partial charge in [0.25, 0.3) is 0 Å². The van der Waals surface area contributed by atoms with E-state index in [1.807, 2.05) is 0 Å². The van der Waals surface area contributed by atoms with E-state index in [1.54, 1.807) is 0 Å². The normalized spacial score (nSPS) is 11.1. The van der Waals surface area contributed by atoms with E-state index in [9.17, 15) is 22.4 Å². The highest BCUT2D eigenvalue weighted by atomic mass is 19.4. The summed E-state index contributed by atoms with van der Waals surface area (Å²) in [6, 6.07) is 9.31. The summed E-state index contributed by atoms with van der Waals surface area (Å²) in [5.74, 6) is -0.410. The van der Waals surface area contributed by atoms with Crippen LogP contribution in [0.3, 0.4) is 0 Å². The molecule has 2 aromatic carbocycles. The highest BCUT2D eigenvalue weighted by Crippen LogP contribution is 2.34. The van der Waals surface area contributed by atoms with Crippen LogP contribution < -0.4 is 10.6 Å². The van der Waals surface area contributed by atoms with Gasteiger partial charge in [-0.2, -0.15) is 13.2 Å². The first-order valence-electron chi connectivity index (χ1n) is 6.32. The lowest BCUT2D eigenvalue weighted by molar-refractivity contribution is -0.136. The third-order valence-electron chi connectivity index (χ3n) is 2.85. The molecule has 3 nitrogen and oxygen atoms in total. The molecule has 0 aliphatic carbocycles. The summed E-state index contributed by atoms with van der Waals surface area (Å²) in [4.78, 5) is 11.7. The molecule has 0 atom stereocenters. The highest BCUT2D eigenvalue weighted by molar-refractivity contribution is 5.90. The second kappa shape index (κ2) is 6.46. The maximum Gasteiger partial charge on any atom is 0.418 e. The zero-order chi connectivity index (χ0) is 16.2. The summed E-state index contributed by atoms with van der Waals surface area (Å²) in [5, 5.41) is 4.56. The zero-order valence-electron chi connectivity index (χ0n) is 11.2. The van der Waals surface area contributed by atoms with Crippen molar-refractivity contribution in [3.05, 3.63) is 65.5 Å². The summed E-state index contributed by atoms with van der Waals surface area (Å²) in [6.07, 6.45) is -4.55. The minimum Gasteiger partial charge on any atom is -0.334 e. The summed E-state index contributed by atoms with van der Waals surface area (Å²) < 4.78 is 51.1. The molecule has 0 fully saturated rings. The SMILES string of the molecule is O=C(NCc1ccc(F)cc1)Nc1ccccc1C(F)(F)F. The minimum atomic E-state index is -4.55. The van der Waals surface area contributed by atoms with Gasteiger partial charge in [-0.1, -0.05) is 24.3 Å². The summed E-state index contributed by atoms with van der Waals surface area (Å²) in [7, 11) is 0. The van der Waals surface area contributed by atoms with Crippen LogP contribution in [0, 0.1) is 5.82 Å². The van der Waals surface area contributed by atoms with Crippen molar-refractivity contribution in [2.24, 2.45) is 0 Å². The van der Waals surface area contributed by atoms with Gasteiger partial charge in [0, 0.05) is 6.54 Å². The Kier molecular flexibility index (Phi) is 4.65. The Labute approximate surface area is 124 Å². The molecule has 0 saturated carbocycles. The molecule has 2 amide bonds. The molecule has 0 spiro atoms. The average molecular weight is 312 g/mol. The van der Waals surface area contributed by atoms with Gasteiger partial charge in [0.05, 0.1) is 11.3 Å². The zero-order valence-corrected chi connectivity index (χ0v) is 11.2. The molecule has 0 aliphatic heterocycles. The Morgan fingerprint density at radius 2 is 1.64 bits per heavy atom. The van der Waals surface area contributed by atoms with Gasteiger partial charge in [-0.25, -0.2) is 9.18 Å². The van der Waals surface area contributed by atoms with E-state index in [0.29, 0.717) is 5.56 Å². The average Bonchev–Trinajstić information content (AvgIpc) is 2.46. The molecule has 2 rings (SSSR count). The predicted molar refractivity (Wildman–Crippen MR) is 73.7 cm³/mol. The monoisotopic (exact) mass is 312 g/mol. The van der Waals surface area contributed by atoms with Crippen LogP contribution in [0.15, 0.2) is 48.5 Å². The van der Waals surface area contributed by atoms with Crippen molar-refractivity contribution < 1.29 is 22.4 Å². The molecule has 116 valence electrons. The largest absolute Gasteiger partial charge is 0.418 e. The lowest BCUT2D eigenvalue weighted by Gasteiger charge is -2.14. The van der Waals surface area contributed by atoms with Crippen LogP contribution in [0.4, 0.5) is 28.0 Å². The first-order chi connectivity index (χ1) is 10.4. The number of hydrogen-bond donors (Lipinski definition) is 2. The van der Waals surface area contributed by atoms with Crippen LogP contribution in [0.2, 0.25) is 0 Å². The molecular formula is C15H12F4N2O. The fraction of sp³-hybridized carbons (Fsp3) is 0.133. The number of alkyl halides is 3. The van der Waals surface area contributed by atoms with Crippen molar-refractivity contribution in [2.45, 2.75) is 12.7 Å². The number of para-hydroxylation sites is 1. The lowest BCUT2D eigenvalue weighted by Crippen LogP contribution is -2.29. The Bertz CT molecular complexity index is 653. The standard InChI is InChI=1S/C15H12F4N2O/c16-11-7-5-10(6-8-11)9-20-14(22)21-13-4-2-1-3-12(13)15(17,18)19/h1-8H,9H2,(H2,20,21,22). The molecule has 0 bridgehead atoms. The van der Waals surface area contributed by atoms with Crippen molar-refractivity contribution >= 4 is 11.7 Å². The summed E-state index contributed by atoms with van der Waals surface area (Å²) in [5.41, 5.74) is -0.626. The van der Waals surface area contributed by atoms with Crippen molar-refractivity contribution in [1.29, 1.82) is 0 Å².